The van der Waals surface area contributed by atoms with E-state index in [0.29, 0.717) is 22.6 Å². The maximum Gasteiger partial charge on any atom is 0.334 e. The summed E-state index contributed by atoms with van der Waals surface area (Å²) in [4.78, 5) is 29.0. The van der Waals surface area contributed by atoms with E-state index >= 15 is 0 Å². The number of ether oxygens (including phenoxy) is 2. The molecule has 1 heterocycles. The molecule has 1 aromatic carbocycles. The molecule has 0 aliphatic carbocycles. The van der Waals surface area contributed by atoms with Gasteiger partial charge in [0.25, 0.3) is 5.91 Å². The number of methoxy groups -OCH3 is 2. The van der Waals surface area contributed by atoms with E-state index in [2.05, 4.69) is 10.3 Å². The summed E-state index contributed by atoms with van der Waals surface area (Å²) < 4.78 is 32.1. The van der Waals surface area contributed by atoms with Gasteiger partial charge in [0.2, 0.25) is 5.88 Å². The van der Waals surface area contributed by atoms with E-state index in [4.69, 9.17) is 18.5 Å². The summed E-state index contributed by atoms with van der Waals surface area (Å²) in [6.07, 6.45) is 1.80. The molecule has 0 saturated carbocycles. The number of esters is 1. The van der Waals surface area contributed by atoms with Crippen molar-refractivity contribution in [3.05, 3.63) is 59.3 Å². The van der Waals surface area contributed by atoms with Crippen LogP contribution in [0, 0.1) is 0 Å². The first-order valence-corrected chi connectivity index (χ1v) is 10.7. The van der Waals surface area contributed by atoms with Gasteiger partial charge in [-0.25, -0.2) is 9.78 Å². The number of carbonyl (C=O) groups excluding carboxylic acids is 2. The van der Waals surface area contributed by atoms with Gasteiger partial charge in [-0.1, -0.05) is 18.2 Å². The highest BCUT2D eigenvalue weighted by Gasteiger charge is 2.25. The normalized spacial score (nSPS) is 12.1. The van der Waals surface area contributed by atoms with E-state index in [9.17, 15) is 14.2 Å². The Kier molecular flexibility index (Phi) is 8.53. The summed E-state index contributed by atoms with van der Waals surface area (Å²) in [5.74, 6) is -0.681. The fraction of sp³-hybridized carbons (Fsp3) is 0.350. The number of pyridine rings is 1. The molecule has 0 fully saturated rings. The Labute approximate surface area is 175 Å². The van der Waals surface area contributed by atoms with Crippen LogP contribution in [-0.4, -0.2) is 51.3 Å². The van der Waals surface area contributed by atoms with Gasteiger partial charge in [-0.2, -0.15) is 0 Å². The van der Waals surface area contributed by atoms with E-state index in [1.54, 1.807) is 42.6 Å². The van der Waals surface area contributed by atoms with Gasteiger partial charge in [0.15, 0.2) is 0 Å². The first-order chi connectivity index (χ1) is 14.4. The minimum Gasteiger partial charge on any atom is -0.481 e. The van der Waals surface area contributed by atoms with Crippen molar-refractivity contribution in [1.82, 2.24) is 10.3 Å². The van der Waals surface area contributed by atoms with Gasteiger partial charge in [0.1, 0.15) is 6.04 Å². The molecule has 1 atom stereocenters. The van der Waals surface area contributed by atoms with Crippen LogP contribution in [-0.2, 0) is 35.7 Å². The average molecular weight is 436 g/mol. The van der Waals surface area contributed by atoms with Crippen LogP contribution in [0.25, 0.3) is 0 Å². The van der Waals surface area contributed by atoms with E-state index < -0.39 is 25.5 Å². The fourth-order valence-corrected chi connectivity index (χ4v) is 3.81. The van der Waals surface area contributed by atoms with Gasteiger partial charge in [0.05, 0.1) is 20.4 Å². The molecule has 0 saturated heterocycles. The third-order valence-corrected chi connectivity index (χ3v) is 6.27. The van der Waals surface area contributed by atoms with Crippen molar-refractivity contribution in [3.8, 4) is 5.88 Å². The molecular formula is C20H25N2O7P. The Morgan fingerprint density at radius 2 is 1.73 bits per heavy atom. The van der Waals surface area contributed by atoms with Crippen LogP contribution in [0.1, 0.15) is 21.5 Å². The predicted octanol–water partition coefficient (Wildman–Crippen LogP) is 2.59. The highest BCUT2D eigenvalue weighted by Crippen LogP contribution is 2.49. The molecule has 0 aliphatic rings. The summed E-state index contributed by atoms with van der Waals surface area (Å²) in [5, 5.41) is 2.67. The first-order valence-electron chi connectivity index (χ1n) is 9.01. The highest BCUT2D eigenvalue weighted by atomic mass is 31.2. The van der Waals surface area contributed by atoms with Gasteiger partial charge < -0.3 is 23.8 Å². The Morgan fingerprint density at radius 1 is 1.07 bits per heavy atom. The number of hydrogen-bond acceptors (Lipinski definition) is 8. The number of hydrogen-bond donors (Lipinski definition) is 1. The van der Waals surface area contributed by atoms with E-state index in [-0.39, 0.29) is 12.6 Å². The van der Waals surface area contributed by atoms with Crippen LogP contribution in [0.15, 0.2) is 42.6 Å². The molecule has 162 valence electrons. The summed E-state index contributed by atoms with van der Waals surface area (Å²) >= 11 is 0. The zero-order valence-corrected chi connectivity index (χ0v) is 18.2. The van der Waals surface area contributed by atoms with Crippen molar-refractivity contribution in [2.45, 2.75) is 18.6 Å². The highest BCUT2D eigenvalue weighted by molar-refractivity contribution is 7.52. The number of nitrogens with one attached hydrogen (secondary N) is 1. The zero-order chi connectivity index (χ0) is 22.1. The maximum atomic E-state index is 12.7. The second-order valence-electron chi connectivity index (χ2n) is 6.26. The summed E-state index contributed by atoms with van der Waals surface area (Å²) in [6.45, 7) is 0. The molecule has 2 rings (SSSR count). The lowest BCUT2D eigenvalue weighted by Crippen LogP contribution is -2.43. The second kappa shape index (κ2) is 10.9. The number of aromatic nitrogens is 1. The van der Waals surface area contributed by atoms with Crippen LogP contribution in [0.3, 0.4) is 0 Å². The molecule has 1 amide bonds. The van der Waals surface area contributed by atoms with Crippen molar-refractivity contribution in [3.63, 3.8) is 0 Å². The smallest absolute Gasteiger partial charge is 0.334 e. The lowest BCUT2D eigenvalue weighted by molar-refractivity contribution is -0.142. The minimum atomic E-state index is -3.21. The largest absolute Gasteiger partial charge is 0.481 e. The predicted molar refractivity (Wildman–Crippen MR) is 110 cm³/mol. The van der Waals surface area contributed by atoms with E-state index in [0.717, 1.165) is 0 Å². The number of benzene rings is 1. The molecule has 30 heavy (non-hydrogen) atoms. The monoisotopic (exact) mass is 436 g/mol. The fourth-order valence-electron chi connectivity index (χ4n) is 2.75. The second-order valence-corrected chi connectivity index (χ2v) is 8.52. The lowest BCUT2D eigenvalue weighted by atomic mass is 10.1. The maximum absolute atomic E-state index is 12.7. The molecule has 10 heteroatoms. The van der Waals surface area contributed by atoms with Crippen molar-refractivity contribution in [2.75, 3.05) is 28.4 Å². The SMILES string of the molecule is COC(=O)[C@@H](Cc1cccnc1OC)NC(=O)c1ccc(CP(=O)(OC)OC)cc1. The number of rotatable bonds is 10. The van der Waals surface area contributed by atoms with Crippen LogP contribution < -0.4 is 10.1 Å². The number of carbonyl (C=O) groups is 2. The van der Waals surface area contributed by atoms with Crippen molar-refractivity contribution >= 4 is 19.5 Å². The molecule has 9 nitrogen and oxygen atoms in total. The minimum absolute atomic E-state index is 0.0769. The lowest BCUT2D eigenvalue weighted by Gasteiger charge is -2.18. The number of amides is 1. The molecule has 0 spiro atoms. The Bertz CT molecular complexity index is 910. The zero-order valence-electron chi connectivity index (χ0n) is 17.3. The third-order valence-electron chi connectivity index (χ3n) is 4.41. The van der Waals surface area contributed by atoms with Crippen molar-refractivity contribution in [1.29, 1.82) is 0 Å². The average Bonchev–Trinajstić information content (AvgIpc) is 2.78. The molecular weight excluding hydrogens is 411 g/mol. The van der Waals surface area contributed by atoms with E-state index in [1.807, 2.05) is 0 Å². The summed E-state index contributed by atoms with van der Waals surface area (Å²) in [7, 11) is 2.15. The van der Waals surface area contributed by atoms with Gasteiger partial charge in [-0.05, 0) is 23.8 Å². The number of nitrogens with zero attached hydrogens (tertiary/aromatic N) is 1. The molecule has 0 radical (unpaired) electrons. The molecule has 0 unspecified atom stereocenters. The van der Waals surface area contributed by atoms with Crippen molar-refractivity contribution < 1.29 is 32.7 Å². The van der Waals surface area contributed by atoms with Crippen molar-refractivity contribution in [2.24, 2.45) is 0 Å². The molecule has 0 aliphatic heterocycles. The summed E-state index contributed by atoms with van der Waals surface area (Å²) in [6, 6.07) is 8.98. The van der Waals surface area contributed by atoms with Gasteiger partial charge in [0, 0.05) is 38.0 Å². The Hall–Kier alpha value is -2.74. The third kappa shape index (κ3) is 6.13. The molecule has 0 bridgehead atoms. The molecule has 1 aromatic heterocycles. The van der Waals surface area contributed by atoms with Crippen LogP contribution in [0.4, 0.5) is 0 Å². The Morgan fingerprint density at radius 3 is 2.30 bits per heavy atom. The van der Waals surface area contributed by atoms with Gasteiger partial charge in [-0.3, -0.25) is 9.36 Å². The summed E-state index contributed by atoms with van der Waals surface area (Å²) in [5.41, 5.74) is 1.67. The standard InChI is InChI=1S/C20H25N2O7P/c1-26-19-16(6-5-11-21-19)12-17(20(24)27-2)22-18(23)15-9-7-14(8-10-15)13-30(25,28-3)29-4/h5-11,17H,12-13H2,1-4H3,(H,22,23)/t17-/m1/s1. The molecule has 2 aromatic rings. The first kappa shape index (κ1) is 23.5. The van der Waals surface area contributed by atoms with Crippen LogP contribution >= 0.6 is 7.60 Å². The quantitative estimate of drug-likeness (QED) is 0.447. The van der Waals surface area contributed by atoms with Crippen LogP contribution in [0.2, 0.25) is 0 Å². The topological polar surface area (TPSA) is 113 Å². The van der Waals surface area contributed by atoms with Crippen LogP contribution in [0.5, 0.6) is 5.88 Å². The van der Waals surface area contributed by atoms with Gasteiger partial charge >= 0.3 is 13.6 Å². The van der Waals surface area contributed by atoms with E-state index in [1.165, 1.54) is 28.4 Å². The van der Waals surface area contributed by atoms with Gasteiger partial charge in [-0.15, -0.1) is 0 Å². The molecule has 1 N–H and O–H groups in total. The Balaban J connectivity index is 2.14.